The van der Waals surface area contributed by atoms with Crippen LogP contribution in [0.5, 0.6) is 5.75 Å². The molecule has 0 aliphatic carbocycles. The van der Waals surface area contributed by atoms with Crippen molar-refractivity contribution in [3.8, 4) is 5.75 Å². The summed E-state index contributed by atoms with van der Waals surface area (Å²) in [4.78, 5) is 11.5. The molecule has 7 heteroatoms. The minimum Gasteiger partial charge on any atom is -0.484 e. The first-order chi connectivity index (χ1) is 10.6. The molecule has 1 amide bonds. The maximum absolute atomic E-state index is 13.3. The number of hydrazone groups is 1. The Morgan fingerprint density at radius 2 is 1.91 bits per heavy atom. The van der Waals surface area contributed by atoms with Gasteiger partial charge in [0.15, 0.2) is 6.61 Å². The molecule has 22 heavy (non-hydrogen) atoms. The van der Waals surface area contributed by atoms with Crippen LogP contribution >= 0.6 is 15.9 Å². The van der Waals surface area contributed by atoms with Gasteiger partial charge in [0, 0.05) is 4.47 Å². The molecule has 2 rings (SSSR count). The van der Waals surface area contributed by atoms with Crippen LogP contribution in [0.15, 0.2) is 52.0 Å². The lowest BCUT2D eigenvalue weighted by atomic mass is 10.2. The number of hydrogen-bond acceptors (Lipinski definition) is 3. The normalized spacial score (nSPS) is 10.7. The standard InChI is InChI=1S/C15H11BrF2N2O2/c16-10-3-1-4-11(7-10)22-9-15(21)20-19-8-12-13(17)5-2-6-14(12)18/h1-8H,9H2,(H,20,21)/b19-8-. The molecular formula is C15H11BrF2N2O2. The summed E-state index contributed by atoms with van der Waals surface area (Å²) in [6.45, 7) is -0.270. The van der Waals surface area contributed by atoms with Crippen molar-refractivity contribution in [2.75, 3.05) is 6.61 Å². The minimum absolute atomic E-state index is 0.270. The number of ether oxygens (including phenoxy) is 1. The van der Waals surface area contributed by atoms with Crippen molar-refractivity contribution in [3.63, 3.8) is 0 Å². The summed E-state index contributed by atoms with van der Waals surface area (Å²) in [7, 11) is 0. The number of carbonyl (C=O) groups excluding carboxylic acids is 1. The highest BCUT2D eigenvalue weighted by molar-refractivity contribution is 9.10. The molecule has 0 atom stereocenters. The van der Waals surface area contributed by atoms with Crippen LogP contribution in [0.3, 0.4) is 0 Å². The van der Waals surface area contributed by atoms with E-state index in [1.54, 1.807) is 18.2 Å². The van der Waals surface area contributed by atoms with Crippen molar-refractivity contribution < 1.29 is 18.3 Å². The quantitative estimate of drug-likeness (QED) is 0.650. The second kappa shape index (κ2) is 7.65. The summed E-state index contributed by atoms with van der Waals surface area (Å²) in [6.07, 6.45) is 0.904. The first-order valence-electron chi connectivity index (χ1n) is 6.20. The fourth-order valence-corrected chi connectivity index (χ4v) is 1.92. The zero-order valence-corrected chi connectivity index (χ0v) is 12.8. The first kappa shape index (κ1) is 16.1. The zero-order valence-electron chi connectivity index (χ0n) is 11.2. The van der Waals surface area contributed by atoms with Crippen LogP contribution in [0.4, 0.5) is 8.78 Å². The van der Waals surface area contributed by atoms with Gasteiger partial charge in [-0.3, -0.25) is 4.79 Å². The maximum atomic E-state index is 13.3. The van der Waals surface area contributed by atoms with Crippen molar-refractivity contribution in [1.82, 2.24) is 5.43 Å². The summed E-state index contributed by atoms with van der Waals surface area (Å²) in [5.74, 6) is -1.56. The van der Waals surface area contributed by atoms with E-state index in [0.29, 0.717) is 5.75 Å². The van der Waals surface area contributed by atoms with Crippen molar-refractivity contribution in [1.29, 1.82) is 0 Å². The third kappa shape index (κ3) is 4.63. The van der Waals surface area contributed by atoms with Crippen molar-refractivity contribution >= 4 is 28.1 Å². The zero-order chi connectivity index (χ0) is 15.9. The summed E-state index contributed by atoms with van der Waals surface area (Å²) >= 11 is 3.28. The predicted molar refractivity (Wildman–Crippen MR) is 81.7 cm³/mol. The van der Waals surface area contributed by atoms with Crippen molar-refractivity contribution in [2.24, 2.45) is 5.10 Å². The molecule has 0 fully saturated rings. The van der Waals surface area contributed by atoms with Crippen LogP contribution in [0, 0.1) is 11.6 Å². The van der Waals surface area contributed by atoms with Gasteiger partial charge in [-0.15, -0.1) is 0 Å². The molecule has 2 aromatic carbocycles. The Morgan fingerprint density at radius 1 is 1.23 bits per heavy atom. The van der Waals surface area contributed by atoms with Gasteiger partial charge in [0.1, 0.15) is 17.4 Å². The Morgan fingerprint density at radius 3 is 2.59 bits per heavy atom. The van der Waals surface area contributed by atoms with E-state index >= 15 is 0 Å². The molecule has 0 aliphatic rings. The lowest BCUT2D eigenvalue weighted by molar-refractivity contribution is -0.123. The number of amides is 1. The van der Waals surface area contributed by atoms with E-state index in [2.05, 4.69) is 26.5 Å². The number of nitrogens with zero attached hydrogens (tertiary/aromatic N) is 1. The maximum Gasteiger partial charge on any atom is 0.277 e. The van der Waals surface area contributed by atoms with E-state index < -0.39 is 17.5 Å². The largest absolute Gasteiger partial charge is 0.484 e. The molecule has 0 saturated carbocycles. The van der Waals surface area contributed by atoms with Crippen molar-refractivity contribution in [3.05, 3.63) is 64.1 Å². The summed E-state index contributed by atoms with van der Waals surface area (Å²) in [5, 5.41) is 3.50. The molecule has 0 saturated heterocycles. The summed E-state index contributed by atoms with van der Waals surface area (Å²) in [5.41, 5.74) is 1.81. The number of halogens is 3. The molecule has 0 bridgehead atoms. The Labute approximate surface area is 133 Å². The molecule has 4 nitrogen and oxygen atoms in total. The predicted octanol–water partition coefficient (Wildman–Crippen LogP) is 3.26. The molecule has 2 aromatic rings. The fraction of sp³-hybridized carbons (Fsp3) is 0.0667. The Balaban J connectivity index is 1.86. The van der Waals surface area contributed by atoms with Crippen LogP contribution in [-0.2, 0) is 4.79 Å². The first-order valence-corrected chi connectivity index (χ1v) is 7.00. The topological polar surface area (TPSA) is 50.7 Å². The number of benzene rings is 2. The average molecular weight is 369 g/mol. The summed E-state index contributed by atoms with van der Waals surface area (Å²) in [6, 6.07) is 10.4. The van der Waals surface area contributed by atoms with Crippen LogP contribution in [-0.4, -0.2) is 18.7 Å². The van der Waals surface area contributed by atoms with E-state index in [0.717, 1.165) is 22.8 Å². The van der Waals surface area contributed by atoms with E-state index in [9.17, 15) is 13.6 Å². The smallest absolute Gasteiger partial charge is 0.277 e. The van der Waals surface area contributed by atoms with E-state index in [-0.39, 0.29) is 12.2 Å². The Kier molecular flexibility index (Phi) is 5.60. The van der Waals surface area contributed by atoms with Gasteiger partial charge in [-0.2, -0.15) is 5.10 Å². The highest BCUT2D eigenvalue weighted by atomic mass is 79.9. The van der Waals surface area contributed by atoms with Crippen molar-refractivity contribution in [2.45, 2.75) is 0 Å². The molecule has 0 heterocycles. The van der Waals surface area contributed by atoms with Gasteiger partial charge in [0.05, 0.1) is 11.8 Å². The number of rotatable bonds is 5. The number of carbonyl (C=O) groups is 1. The van der Waals surface area contributed by atoms with E-state index in [1.807, 2.05) is 6.07 Å². The van der Waals surface area contributed by atoms with Crippen LogP contribution < -0.4 is 10.2 Å². The van der Waals surface area contributed by atoms with Crippen LogP contribution in [0.25, 0.3) is 0 Å². The second-order valence-electron chi connectivity index (χ2n) is 4.17. The van der Waals surface area contributed by atoms with Crippen LogP contribution in [0.2, 0.25) is 0 Å². The van der Waals surface area contributed by atoms with Gasteiger partial charge in [-0.25, -0.2) is 14.2 Å². The number of hydrogen-bond donors (Lipinski definition) is 1. The van der Waals surface area contributed by atoms with Crippen LogP contribution in [0.1, 0.15) is 5.56 Å². The molecule has 114 valence electrons. The molecule has 0 aromatic heterocycles. The lowest BCUT2D eigenvalue weighted by Gasteiger charge is -2.05. The summed E-state index contributed by atoms with van der Waals surface area (Å²) < 4.78 is 32.7. The molecule has 0 radical (unpaired) electrons. The Bertz CT molecular complexity index is 687. The third-order valence-electron chi connectivity index (χ3n) is 2.55. The molecule has 0 aliphatic heterocycles. The van der Waals surface area contributed by atoms with Gasteiger partial charge in [0.2, 0.25) is 0 Å². The molecule has 1 N–H and O–H groups in total. The molecule has 0 unspecified atom stereocenters. The fourth-order valence-electron chi connectivity index (χ4n) is 1.54. The molecular weight excluding hydrogens is 358 g/mol. The lowest BCUT2D eigenvalue weighted by Crippen LogP contribution is -2.24. The van der Waals surface area contributed by atoms with Gasteiger partial charge < -0.3 is 4.74 Å². The number of nitrogens with one attached hydrogen (secondary N) is 1. The third-order valence-corrected chi connectivity index (χ3v) is 3.04. The monoisotopic (exact) mass is 368 g/mol. The average Bonchev–Trinajstić information content (AvgIpc) is 2.48. The van der Waals surface area contributed by atoms with Gasteiger partial charge in [0.25, 0.3) is 5.91 Å². The minimum atomic E-state index is -0.761. The SMILES string of the molecule is O=C(COc1cccc(Br)c1)N/N=C\c1c(F)cccc1F. The van der Waals surface area contributed by atoms with E-state index in [4.69, 9.17) is 4.74 Å². The molecule has 0 spiro atoms. The highest BCUT2D eigenvalue weighted by Gasteiger charge is 2.06. The second-order valence-corrected chi connectivity index (χ2v) is 5.09. The van der Waals surface area contributed by atoms with E-state index in [1.165, 1.54) is 6.07 Å². The van der Waals surface area contributed by atoms with Gasteiger partial charge in [-0.1, -0.05) is 28.1 Å². The van der Waals surface area contributed by atoms with Gasteiger partial charge in [-0.05, 0) is 30.3 Å². The van der Waals surface area contributed by atoms with Gasteiger partial charge >= 0.3 is 0 Å². The highest BCUT2D eigenvalue weighted by Crippen LogP contribution is 2.17. The Hall–Kier alpha value is -2.28.